The maximum absolute atomic E-state index is 5.92. The van der Waals surface area contributed by atoms with E-state index in [0.717, 1.165) is 54.0 Å². The topological polar surface area (TPSA) is 72.8 Å². The van der Waals surface area contributed by atoms with Gasteiger partial charge in [0.15, 0.2) is 0 Å². The van der Waals surface area contributed by atoms with Crippen LogP contribution in [0.5, 0.6) is 5.88 Å². The standard InChI is InChI=1S/C18H21N5OS/c1-2-15-22-17(14-7-10-25-18(14)23-15)21-12-3-5-13(6-4-12)24-16-11-19-8-9-20-16/h7-13H,2-6H2,1H3,(H,21,22,23). The lowest BCUT2D eigenvalue weighted by molar-refractivity contribution is 0.143. The molecule has 0 unspecified atom stereocenters. The summed E-state index contributed by atoms with van der Waals surface area (Å²) in [6.07, 6.45) is 10.2. The van der Waals surface area contributed by atoms with Crippen molar-refractivity contribution < 1.29 is 4.74 Å². The number of hydrogen-bond donors (Lipinski definition) is 1. The van der Waals surface area contributed by atoms with Gasteiger partial charge >= 0.3 is 0 Å². The van der Waals surface area contributed by atoms with Crippen LogP contribution in [0, 0.1) is 0 Å². The Bertz CT molecular complexity index is 830. The van der Waals surface area contributed by atoms with Crippen molar-refractivity contribution in [2.45, 2.75) is 51.2 Å². The highest BCUT2D eigenvalue weighted by atomic mass is 32.1. The van der Waals surface area contributed by atoms with Gasteiger partial charge in [0.1, 0.15) is 22.6 Å². The van der Waals surface area contributed by atoms with Gasteiger partial charge in [-0.25, -0.2) is 15.0 Å². The van der Waals surface area contributed by atoms with E-state index in [9.17, 15) is 0 Å². The molecule has 25 heavy (non-hydrogen) atoms. The third-order valence-corrected chi connectivity index (χ3v) is 5.34. The Kier molecular flexibility index (Phi) is 4.74. The van der Waals surface area contributed by atoms with Crippen LogP contribution in [0.2, 0.25) is 0 Å². The first kappa shape index (κ1) is 16.2. The zero-order chi connectivity index (χ0) is 17.1. The molecule has 1 aliphatic carbocycles. The summed E-state index contributed by atoms with van der Waals surface area (Å²) in [5.41, 5.74) is 0. The molecule has 6 nitrogen and oxygen atoms in total. The first-order valence-electron chi connectivity index (χ1n) is 8.75. The van der Waals surface area contributed by atoms with E-state index in [1.54, 1.807) is 29.9 Å². The van der Waals surface area contributed by atoms with Gasteiger partial charge in [0.2, 0.25) is 5.88 Å². The number of ether oxygens (including phenoxy) is 1. The average Bonchev–Trinajstić information content (AvgIpc) is 3.13. The molecular formula is C18H21N5OS. The van der Waals surface area contributed by atoms with Crippen molar-refractivity contribution in [1.29, 1.82) is 0 Å². The molecule has 1 saturated carbocycles. The van der Waals surface area contributed by atoms with Crippen LogP contribution in [-0.2, 0) is 6.42 Å². The van der Waals surface area contributed by atoms with Crippen molar-refractivity contribution in [1.82, 2.24) is 19.9 Å². The molecule has 0 spiro atoms. The Morgan fingerprint density at radius 2 is 2.08 bits per heavy atom. The van der Waals surface area contributed by atoms with Crippen molar-refractivity contribution in [2.75, 3.05) is 5.32 Å². The minimum absolute atomic E-state index is 0.215. The molecule has 0 atom stereocenters. The molecule has 0 aromatic carbocycles. The van der Waals surface area contributed by atoms with E-state index in [-0.39, 0.29) is 6.10 Å². The van der Waals surface area contributed by atoms with E-state index in [1.165, 1.54) is 0 Å². The quantitative estimate of drug-likeness (QED) is 0.749. The number of fused-ring (bicyclic) bond motifs is 1. The molecule has 1 aliphatic rings. The third kappa shape index (κ3) is 3.71. The lowest BCUT2D eigenvalue weighted by Crippen LogP contribution is -2.31. The maximum atomic E-state index is 5.92. The zero-order valence-electron chi connectivity index (χ0n) is 14.2. The van der Waals surface area contributed by atoms with Crippen molar-refractivity contribution in [2.24, 2.45) is 0 Å². The summed E-state index contributed by atoms with van der Waals surface area (Å²) >= 11 is 1.67. The number of anilines is 1. The highest BCUT2D eigenvalue weighted by Crippen LogP contribution is 2.29. The number of rotatable bonds is 5. The van der Waals surface area contributed by atoms with Gasteiger partial charge in [-0.1, -0.05) is 6.92 Å². The Labute approximate surface area is 150 Å². The fourth-order valence-corrected chi connectivity index (χ4v) is 3.99. The predicted octanol–water partition coefficient (Wildman–Crippen LogP) is 3.85. The summed E-state index contributed by atoms with van der Waals surface area (Å²) in [7, 11) is 0. The lowest BCUT2D eigenvalue weighted by atomic mass is 9.93. The van der Waals surface area contributed by atoms with Crippen LogP contribution in [0.15, 0.2) is 30.0 Å². The largest absolute Gasteiger partial charge is 0.473 e. The molecular weight excluding hydrogens is 334 g/mol. The zero-order valence-corrected chi connectivity index (χ0v) is 15.0. The smallest absolute Gasteiger partial charge is 0.232 e. The highest BCUT2D eigenvalue weighted by Gasteiger charge is 2.23. The maximum Gasteiger partial charge on any atom is 0.232 e. The van der Waals surface area contributed by atoms with Crippen molar-refractivity contribution in [3.8, 4) is 5.88 Å². The van der Waals surface area contributed by atoms with E-state index in [4.69, 9.17) is 9.72 Å². The van der Waals surface area contributed by atoms with E-state index >= 15 is 0 Å². The van der Waals surface area contributed by atoms with E-state index in [2.05, 4.69) is 38.6 Å². The first-order chi connectivity index (χ1) is 12.3. The van der Waals surface area contributed by atoms with E-state index < -0.39 is 0 Å². The number of aromatic nitrogens is 4. The first-order valence-corrected chi connectivity index (χ1v) is 9.63. The Balaban J connectivity index is 1.39. The Morgan fingerprint density at radius 1 is 1.20 bits per heavy atom. The number of hydrogen-bond acceptors (Lipinski definition) is 7. The molecule has 7 heteroatoms. The molecule has 1 N–H and O–H groups in total. The second kappa shape index (κ2) is 7.31. The van der Waals surface area contributed by atoms with Crippen LogP contribution in [0.4, 0.5) is 5.82 Å². The average molecular weight is 355 g/mol. The number of nitrogens with zero attached hydrogens (tertiary/aromatic N) is 4. The Hall–Kier alpha value is -2.28. The molecule has 130 valence electrons. The van der Waals surface area contributed by atoms with E-state index in [1.807, 2.05) is 0 Å². The molecule has 0 radical (unpaired) electrons. The van der Waals surface area contributed by atoms with Crippen LogP contribution in [0.1, 0.15) is 38.4 Å². The molecule has 3 aromatic rings. The molecule has 4 rings (SSSR count). The van der Waals surface area contributed by atoms with Crippen molar-refractivity contribution in [3.05, 3.63) is 35.9 Å². The molecule has 0 bridgehead atoms. The minimum atomic E-state index is 0.215. The summed E-state index contributed by atoms with van der Waals surface area (Å²) in [6.45, 7) is 2.09. The monoisotopic (exact) mass is 355 g/mol. The normalized spacial score (nSPS) is 20.5. The van der Waals surface area contributed by atoms with Gasteiger partial charge in [-0.05, 0) is 37.1 Å². The second-order valence-electron chi connectivity index (χ2n) is 6.26. The van der Waals surface area contributed by atoms with Gasteiger partial charge in [0.25, 0.3) is 0 Å². The van der Waals surface area contributed by atoms with Gasteiger partial charge in [0.05, 0.1) is 11.6 Å². The molecule has 1 fully saturated rings. The van der Waals surface area contributed by atoms with Gasteiger partial charge in [-0.15, -0.1) is 11.3 Å². The van der Waals surface area contributed by atoms with Gasteiger partial charge in [-0.3, -0.25) is 4.98 Å². The SMILES string of the molecule is CCc1nc(NC2CCC(Oc3cnccn3)CC2)c2ccsc2n1. The summed E-state index contributed by atoms with van der Waals surface area (Å²) in [5, 5.41) is 6.85. The summed E-state index contributed by atoms with van der Waals surface area (Å²) in [4.78, 5) is 18.6. The summed E-state index contributed by atoms with van der Waals surface area (Å²) in [5.74, 6) is 2.49. The second-order valence-corrected chi connectivity index (χ2v) is 7.16. The van der Waals surface area contributed by atoms with Crippen LogP contribution in [-0.4, -0.2) is 32.1 Å². The molecule has 0 amide bonds. The highest BCUT2D eigenvalue weighted by molar-refractivity contribution is 7.16. The fraction of sp³-hybridized carbons (Fsp3) is 0.444. The molecule has 3 heterocycles. The molecule has 3 aromatic heterocycles. The van der Waals surface area contributed by atoms with Crippen LogP contribution >= 0.6 is 11.3 Å². The predicted molar refractivity (Wildman–Crippen MR) is 99.1 cm³/mol. The summed E-state index contributed by atoms with van der Waals surface area (Å²) in [6, 6.07) is 2.52. The minimum Gasteiger partial charge on any atom is -0.473 e. The Morgan fingerprint density at radius 3 is 2.84 bits per heavy atom. The number of thiophene rings is 1. The van der Waals surface area contributed by atoms with Gasteiger partial charge < -0.3 is 10.1 Å². The van der Waals surface area contributed by atoms with Crippen molar-refractivity contribution >= 4 is 27.4 Å². The number of aryl methyl sites for hydroxylation is 1. The lowest BCUT2D eigenvalue weighted by Gasteiger charge is -2.29. The van der Waals surface area contributed by atoms with Crippen LogP contribution < -0.4 is 10.1 Å². The van der Waals surface area contributed by atoms with Crippen LogP contribution in [0.25, 0.3) is 10.2 Å². The number of nitrogens with one attached hydrogen (secondary N) is 1. The van der Waals surface area contributed by atoms with E-state index in [0.29, 0.717) is 11.9 Å². The van der Waals surface area contributed by atoms with Crippen LogP contribution in [0.3, 0.4) is 0 Å². The molecule has 0 aliphatic heterocycles. The van der Waals surface area contributed by atoms with Crippen molar-refractivity contribution in [3.63, 3.8) is 0 Å². The molecule has 0 saturated heterocycles. The summed E-state index contributed by atoms with van der Waals surface area (Å²) < 4.78 is 5.92. The third-order valence-electron chi connectivity index (χ3n) is 4.53. The van der Waals surface area contributed by atoms with Gasteiger partial charge in [-0.2, -0.15) is 0 Å². The van der Waals surface area contributed by atoms with Gasteiger partial charge in [0, 0.05) is 24.9 Å². The fourth-order valence-electron chi connectivity index (χ4n) is 3.20.